The van der Waals surface area contributed by atoms with Crippen LogP contribution in [-0.4, -0.2) is 10.5 Å². The van der Waals surface area contributed by atoms with E-state index < -0.39 is 34.8 Å². The lowest BCUT2D eigenvalue weighted by Crippen LogP contribution is -2.20. The first-order chi connectivity index (χ1) is 6.93. The van der Waals surface area contributed by atoms with E-state index in [1.165, 1.54) is 0 Å². The molecule has 6 heteroatoms. The van der Waals surface area contributed by atoms with Crippen LogP contribution in [0.4, 0.5) is 23.2 Å². The summed E-state index contributed by atoms with van der Waals surface area (Å²) in [6, 6.07) is 0. The largest absolute Gasteiger partial charge is 0.375 e. The monoisotopic (exact) mass is 220 g/mol. The molecule has 2 nitrogen and oxygen atoms in total. The molecule has 0 atom stereocenters. The van der Waals surface area contributed by atoms with Crippen LogP contribution in [0.1, 0.15) is 19.8 Å². The first-order valence-corrected chi connectivity index (χ1v) is 4.41. The van der Waals surface area contributed by atoms with Gasteiger partial charge >= 0.3 is 0 Å². The van der Waals surface area contributed by atoms with Crippen LogP contribution in [0.15, 0.2) is 0 Å². The molecule has 0 amide bonds. The summed E-state index contributed by atoms with van der Waals surface area (Å²) in [7, 11) is 0. The Balaban J connectivity index is 2.44. The minimum absolute atomic E-state index is 0.470. The molecule has 1 fully saturated rings. The topological polar surface area (TPSA) is 24.9 Å². The highest BCUT2D eigenvalue weighted by Crippen LogP contribution is 2.39. The fraction of sp³-hybridized carbons (Fsp3) is 0.444. The van der Waals surface area contributed by atoms with Gasteiger partial charge in [-0.3, -0.25) is 0 Å². The highest BCUT2D eigenvalue weighted by atomic mass is 19.2. The number of halogens is 4. The van der Waals surface area contributed by atoms with E-state index >= 15 is 0 Å². The van der Waals surface area contributed by atoms with E-state index in [1.54, 1.807) is 6.92 Å². The molecule has 15 heavy (non-hydrogen) atoms. The molecular weight excluding hydrogens is 212 g/mol. The van der Waals surface area contributed by atoms with E-state index in [0.29, 0.717) is 12.8 Å². The molecule has 82 valence electrons. The highest BCUT2D eigenvalue weighted by molar-refractivity contribution is 5.49. The average Bonchev–Trinajstić information content (AvgIpc) is 2.89. The highest BCUT2D eigenvalue weighted by Gasteiger charge is 2.39. The van der Waals surface area contributed by atoms with Gasteiger partial charge in [0.05, 0.1) is 0 Å². The number of rotatable bonds is 2. The van der Waals surface area contributed by atoms with Gasteiger partial charge in [-0.05, 0) is 19.8 Å². The smallest absolute Gasteiger partial charge is 0.253 e. The Morgan fingerprint density at radius 2 is 1.53 bits per heavy atom. The summed E-state index contributed by atoms with van der Waals surface area (Å²) in [5, 5.41) is 2.44. The fourth-order valence-electron chi connectivity index (χ4n) is 1.21. The van der Waals surface area contributed by atoms with Crippen molar-refractivity contribution < 1.29 is 17.6 Å². The maximum atomic E-state index is 13.1. The molecule has 0 radical (unpaired) electrons. The second kappa shape index (κ2) is 3.08. The number of nitrogens with zero attached hydrogens (tertiary/aromatic N) is 1. The maximum Gasteiger partial charge on any atom is 0.253 e. The van der Waals surface area contributed by atoms with E-state index in [2.05, 4.69) is 10.3 Å². The van der Waals surface area contributed by atoms with E-state index in [-0.39, 0.29) is 0 Å². The summed E-state index contributed by atoms with van der Waals surface area (Å²) >= 11 is 0. The third kappa shape index (κ3) is 1.75. The van der Waals surface area contributed by atoms with Gasteiger partial charge in [0.15, 0.2) is 0 Å². The molecule has 0 bridgehead atoms. The van der Waals surface area contributed by atoms with Crippen LogP contribution in [0.3, 0.4) is 0 Å². The number of aromatic nitrogens is 1. The third-order valence-electron chi connectivity index (χ3n) is 2.42. The Labute approximate surface area is 83.3 Å². The van der Waals surface area contributed by atoms with Gasteiger partial charge in [-0.15, -0.1) is 0 Å². The molecule has 0 aliphatic heterocycles. The zero-order valence-electron chi connectivity index (χ0n) is 7.87. The van der Waals surface area contributed by atoms with Crippen molar-refractivity contribution in [2.75, 3.05) is 5.32 Å². The van der Waals surface area contributed by atoms with E-state index in [9.17, 15) is 17.6 Å². The Bertz CT molecular complexity index is 389. The third-order valence-corrected chi connectivity index (χ3v) is 2.42. The van der Waals surface area contributed by atoms with Crippen molar-refractivity contribution in [2.24, 2.45) is 0 Å². The summed E-state index contributed by atoms with van der Waals surface area (Å²) in [4.78, 5) is 2.46. The molecular formula is C9H8F4N2. The molecule has 1 aromatic heterocycles. The lowest BCUT2D eigenvalue weighted by molar-refractivity contribution is 0.409. The first-order valence-electron chi connectivity index (χ1n) is 4.41. The van der Waals surface area contributed by atoms with Crippen LogP contribution >= 0.6 is 0 Å². The molecule has 1 aliphatic carbocycles. The summed E-state index contributed by atoms with van der Waals surface area (Å²) < 4.78 is 51.6. The molecule has 0 saturated heterocycles. The molecule has 0 aromatic carbocycles. The quantitative estimate of drug-likeness (QED) is 0.612. The fourth-order valence-corrected chi connectivity index (χ4v) is 1.21. The normalized spacial score (nSPS) is 17.7. The number of hydrogen-bond donors (Lipinski definition) is 1. The van der Waals surface area contributed by atoms with Gasteiger partial charge in [0.1, 0.15) is 5.69 Å². The number of hydrogen-bond acceptors (Lipinski definition) is 2. The van der Waals surface area contributed by atoms with Gasteiger partial charge in [0.2, 0.25) is 11.6 Å². The maximum absolute atomic E-state index is 13.1. The second-order valence-corrected chi connectivity index (χ2v) is 3.88. The molecule has 1 N–H and O–H groups in total. The second-order valence-electron chi connectivity index (χ2n) is 3.88. The summed E-state index contributed by atoms with van der Waals surface area (Å²) in [6.07, 6.45) is 1.41. The lowest BCUT2D eigenvalue weighted by atomic mass is 10.2. The molecule has 0 unspecified atom stereocenters. The van der Waals surface area contributed by atoms with Crippen molar-refractivity contribution in [1.29, 1.82) is 0 Å². The minimum Gasteiger partial charge on any atom is -0.375 e. The van der Waals surface area contributed by atoms with Crippen LogP contribution in [0.2, 0.25) is 0 Å². The van der Waals surface area contributed by atoms with Gasteiger partial charge in [0, 0.05) is 5.54 Å². The van der Waals surface area contributed by atoms with Crippen molar-refractivity contribution in [3.8, 4) is 0 Å². The van der Waals surface area contributed by atoms with Crippen molar-refractivity contribution in [3.05, 3.63) is 23.5 Å². The van der Waals surface area contributed by atoms with Crippen molar-refractivity contribution >= 4 is 5.69 Å². The van der Waals surface area contributed by atoms with Gasteiger partial charge in [-0.25, -0.2) is 0 Å². The van der Waals surface area contributed by atoms with Gasteiger partial charge in [-0.1, -0.05) is 0 Å². The zero-order valence-corrected chi connectivity index (χ0v) is 7.87. The summed E-state index contributed by atoms with van der Waals surface area (Å²) in [5.41, 5.74) is -1.25. The van der Waals surface area contributed by atoms with Gasteiger partial charge in [-0.2, -0.15) is 22.5 Å². The Morgan fingerprint density at radius 3 is 1.93 bits per heavy atom. The number of nitrogens with one attached hydrogen (secondary N) is 1. The minimum atomic E-state index is -1.64. The number of anilines is 1. The average molecular weight is 220 g/mol. The Morgan fingerprint density at radius 1 is 1.07 bits per heavy atom. The molecule has 1 aromatic rings. The Kier molecular flexibility index (Phi) is 2.09. The van der Waals surface area contributed by atoms with Crippen LogP contribution in [0, 0.1) is 23.5 Å². The zero-order chi connectivity index (χ0) is 11.2. The van der Waals surface area contributed by atoms with Gasteiger partial charge < -0.3 is 5.32 Å². The standard InChI is InChI=1S/C9H8F4N2/c1-9(2-3-9)15-6-4(10)7(12)14-8(13)5(6)11/h2-3H2,1H3,(H,14,15). The van der Waals surface area contributed by atoms with E-state index in [4.69, 9.17) is 0 Å². The molecule has 2 rings (SSSR count). The van der Waals surface area contributed by atoms with Crippen LogP contribution in [-0.2, 0) is 0 Å². The summed E-state index contributed by atoms with van der Waals surface area (Å²) in [5.74, 6) is -6.25. The lowest BCUT2D eigenvalue weighted by Gasteiger charge is -2.14. The van der Waals surface area contributed by atoms with Crippen LogP contribution in [0.25, 0.3) is 0 Å². The molecule has 1 aliphatic rings. The van der Waals surface area contributed by atoms with Crippen molar-refractivity contribution in [1.82, 2.24) is 4.98 Å². The predicted octanol–water partition coefficient (Wildman–Crippen LogP) is 2.60. The number of pyridine rings is 1. The molecule has 1 saturated carbocycles. The van der Waals surface area contributed by atoms with Crippen LogP contribution < -0.4 is 5.32 Å². The van der Waals surface area contributed by atoms with Gasteiger partial charge in [0.25, 0.3) is 11.9 Å². The Hall–Kier alpha value is -1.33. The molecule has 1 heterocycles. The summed E-state index contributed by atoms with van der Waals surface area (Å²) in [6.45, 7) is 1.71. The van der Waals surface area contributed by atoms with Crippen LogP contribution in [0.5, 0.6) is 0 Å². The molecule has 0 spiro atoms. The van der Waals surface area contributed by atoms with E-state index in [0.717, 1.165) is 0 Å². The SMILES string of the molecule is CC1(Nc2c(F)c(F)nc(F)c2F)CC1. The first kappa shape index (κ1) is 10.2. The van der Waals surface area contributed by atoms with Crippen molar-refractivity contribution in [2.45, 2.75) is 25.3 Å². The van der Waals surface area contributed by atoms with Crippen molar-refractivity contribution in [3.63, 3.8) is 0 Å². The predicted molar refractivity (Wildman–Crippen MR) is 45.3 cm³/mol. The van der Waals surface area contributed by atoms with E-state index in [1.807, 2.05) is 0 Å².